The molecule has 0 saturated carbocycles. The highest BCUT2D eigenvalue weighted by molar-refractivity contribution is 7.98. The molecule has 1 rings (SSSR count). The molecule has 118 valence electrons. The number of aliphatic hydroxyl groups is 1. The van der Waals surface area contributed by atoms with Crippen LogP contribution in [0.5, 0.6) is 0 Å². The molecule has 1 unspecified atom stereocenters. The number of sulfonamides is 1. The fourth-order valence-electron chi connectivity index (χ4n) is 1.56. The van der Waals surface area contributed by atoms with Gasteiger partial charge < -0.3 is 10.4 Å². The van der Waals surface area contributed by atoms with Crippen molar-refractivity contribution >= 4 is 27.7 Å². The van der Waals surface area contributed by atoms with Crippen molar-refractivity contribution in [1.82, 2.24) is 10.0 Å². The highest BCUT2D eigenvalue weighted by Crippen LogP contribution is 2.09. The molecule has 0 aliphatic carbocycles. The molecule has 6 nitrogen and oxygen atoms in total. The molecule has 0 saturated heterocycles. The quantitative estimate of drug-likeness (QED) is 0.632. The van der Waals surface area contributed by atoms with Gasteiger partial charge >= 0.3 is 0 Å². The Morgan fingerprint density at radius 1 is 1.33 bits per heavy atom. The van der Waals surface area contributed by atoms with Crippen molar-refractivity contribution in [3.63, 3.8) is 0 Å². The molecule has 0 radical (unpaired) electrons. The Bertz CT molecular complexity index is 559. The lowest BCUT2D eigenvalue weighted by Crippen LogP contribution is -2.45. The lowest BCUT2D eigenvalue weighted by atomic mass is 10.1. The van der Waals surface area contributed by atoms with Gasteiger partial charge in [0.1, 0.15) is 0 Å². The van der Waals surface area contributed by atoms with Crippen molar-refractivity contribution in [2.45, 2.75) is 17.4 Å². The van der Waals surface area contributed by atoms with Gasteiger partial charge in [-0.2, -0.15) is 11.8 Å². The van der Waals surface area contributed by atoms with E-state index in [1.54, 1.807) is 25.1 Å². The molecule has 0 aromatic heterocycles. The van der Waals surface area contributed by atoms with Gasteiger partial charge in [0.15, 0.2) is 0 Å². The van der Waals surface area contributed by atoms with Crippen LogP contribution in [0, 0.1) is 0 Å². The van der Waals surface area contributed by atoms with Crippen LogP contribution in [0.2, 0.25) is 0 Å². The third kappa shape index (κ3) is 6.47. The molecule has 1 aromatic rings. The van der Waals surface area contributed by atoms with E-state index in [4.69, 9.17) is 0 Å². The molecular formula is C13H20N2O4S2. The molecule has 1 amide bonds. The van der Waals surface area contributed by atoms with Crippen LogP contribution in [0.3, 0.4) is 0 Å². The van der Waals surface area contributed by atoms with E-state index in [0.29, 0.717) is 5.75 Å². The maximum atomic E-state index is 11.9. The van der Waals surface area contributed by atoms with E-state index >= 15 is 0 Å². The SMILES string of the molecule is CSCC(C)(O)CNC(=O)CNS(=O)(=O)c1ccccc1. The third-order valence-corrected chi connectivity index (χ3v) is 4.93. The lowest BCUT2D eigenvalue weighted by molar-refractivity contribution is -0.120. The van der Waals surface area contributed by atoms with Crippen LogP contribution < -0.4 is 10.0 Å². The molecule has 8 heteroatoms. The van der Waals surface area contributed by atoms with Gasteiger partial charge in [-0.3, -0.25) is 4.79 Å². The highest BCUT2D eigenvalue weighted by Gasteiger charge is 2.21. The molecule has 0 heterocycles. The van der Waals surface area contributed by atoms with Crippen molar-refractivity contribution in [3.8, 4) is 0 Å². The maximum absolute atomic E-state index is 11.9. The summed E-state index contributed by atoms with van der Waals surface area (Å²) < 4.78 is 26.0. The normalized spacial score (nSPS) is 14.4. The van der Waals surface area contributed by atoms with Crippen LogP contribution in [0.15, 0.2) is 35.2 Å². The van der Waals surface area contributed by atoms with E-state index in [1.807, 2.05) is 6.26 Å². The smallest absolute Gasteiger partial charge is 0.241 e. The zero-order valence-electron chi connectivity index (χ0n) is 12.0. The van der Waals surface area contributed by atoms with E-state index in [1.165, 1.54) is 23.9 Å². The zero-order chi connectivity index (χ0) is 15.9. The van der Waals surface area contributed by atoms with Gasteiger partial charge in [0.25, 0.3) is 0 Å². The number of carbonyl (C=O) groups is 1. The van der Waals surface area contributed by atoms with Gasteiger partial charge in [-0.05, 0) is 25.3 Å². The summed E-state index contributed by atoms with van der Waals surface area (Å²) in [6.07, 6.45) is 1.85. The first kappa shape index (κ1) is 18.0. The van der Waals surface area contributed by atoms with Gasteiger partial charge in [-0.1, -0.05) is 18.2 Å². The average Bonchev–Trinajstić information content (AvgIpc) is 2.44. The van der Waals surface area contributed by atoms with Gasteiger partial charge in [-0.15, -0.1) is 0 Å². The first-order valence-corrected chi connectivity index (χ1v) is 9.17. The Labute approximate surface area is 129 Å². The molecule has 0 aliphatic heterocycles. The fraction of sp³-hybridized carbons (Fsp3) is 0.462. The Morgan fingerprint density at radius 3 is 2.52 bits per heavy atom. The second kappa shape index (κ2) is 7.79. The van der Waals surface area contributed by atoms with Crippen LogP contribution in [0.1, 0.15) is 6.92 Å². The van der Waals surface area contributed by atoms with Crippen molar-refractivity contribution in [2.75, 3.05) is 25.1 Å². The minimum atomic E-state index is -3.70. The highest BCUT2D eigenvalue weighted by atomic mass is 32.2. The predicted octanol–water partition coefficient (Wildman–Crippen LogP) is 0.195. The standard InChI is InChI=1S/C13H20N2O4S2/c1-13(17,10-20-2)9-14-12(16)8-15-21(18,19)11-6-4-3-5-7-11/h3-7,15,17H,8-10H2,1-2H3,(H,14,16). The third-order valence-electron chi connectivity index (χ3n) is 2.60. The van der Waals surface area contributed by atoms with Crippen LogP contribution in [-0.4, -0.2) is 50.1 Å². The minimum absolute atomic E-state index is 0.0692. The molecular weight excluding hydrogens is 312 g/mol. The largest absolute Gasteiger partial charge is 0.387 e. The number of rotatable bonds is 8. The van der Waals surface area contributed by atoms with Crippen LogP contribution in [0.4, 0.5) is 0 Å². The summed E-state index contributed by atoms with van der Waals surface area (Å²) in [5, 5.41) is 12.4. The molecule has 0 bridgehead atoms. The lowest BCUT2D eigenvalue weighted by Gasteiger charge is -2.22. The Hall–Kier alpha value is -1.09. The summed E-state index contributed by atoms with van der Waals surface area (Å²) >= 11 is 1.46. The van der Waals surface area contributed by atoms with Gasteiger partial charge in [0, 0.05) is 12.3 Å². The summed E-state index contributed by atoms with van der Waals surface area (Å²) in [6, 6.07) is 7.81. The second-order valence-corrected chi connectivity index (χ2v) is 7.48. The monoisotopic (exact) mass is 332 g/mol. The van der Waals surface area contributed by atoms with Crippen LogP contribution in [-0.2, 0) is 14.8 Å². The zero-order valence-corrected chi connectivity index (χ0v) is 13.6. The molecule has 0 fully saturated rings. The summed E-state index contributed by atoms with van der Waals surface area (Å²) in [4.78, 5) is 11.7. The maximum Gasteiger partial charge on any atom is 0.241 e. The number of benzene rings is 1. The van der Waals surface area contributed by atoms with Gasteiger partial charge in [0.2, 0.25) is 15.9 Å². The molecule has 0 spiro atoms. The average molecular weight is 332 g/mol. The molecule has 0 aliphatic rings. The molecule has 21 heavy (non-hydrogen) atoms. The molecule has 1 aromatic carbocycles. The van der Waals surface area contributed by atoms with E-state index in [0.717, 1.165) is 0 Å². The summed E-state index contributed by atoms with van der Waals surface area (Å²) in [7, 11) is -3.70. The summed E-state index contributed by atoms with van der Waals surface area (Å²) in [5.41, 5.74) is -1.02. The summed E-state index contributed by atoms with van der Waals surface area (Å²) in [6.45, 7) is 1.31. The first-order chi connectivity index (χ1) is 9.77. The first-order valence-electron chi connectivity index (χ1n) is 6.29. The predicted molar refractivity (Wildman–Crippen MR) is 83.6 cm³/mol. The van der Waals surface area contributed by atoms with Crippen LogP contribution in [0.25, 0.3) is 0 Å². The number of hydrogen-bond acceptors (Lipinski definition) is 5. The fourth-order valence-corrected chi connectivity index (χ4v) is 3.28. The number of hydrogen-bond donors (Lipinski definition) is 3. The van der Waals surface area contributed by atoms with Gasteiger partial charge in [-0.25, -0.2) is 13.1 Å². The topological polar surface area (TPSA) is 95.5 Å². The van der Waals surface area contributed by atoms with Crippen LogP contribution >= 0.6 is 11.8 Å². The molecule has 3 N–H and O–H groups in total. The van der Waals surface area contributed by atoms with Crippen molar-refractivity contribution in [1.29, 1.82) is 0 Å². The number of carbonyl (C=O) groups excluding carboxylic acids is 1. The van der Waals surface area contributed by atoms with E-state index < -0.39 is 21.5 Å². The minimum Gasteiger partial charge on any atom is -0.387 e. The number of nitrogens with one attached hydrogen (secondary N) is 2. The van der Waals surface area contributed by atoms with Crippen molar-refractivity contribution < 1.29 is 18.3 Å². The van der Waals surface area contributed by atoms with Crippen molar-refractivity contribution in [2.24, 2.45) is 0 Å². The second-order valence-electron chi connectivity index (χ2n) is 4.84. The Morgan fingerprint density at radius 2 is 1.95 bits per heavy atom. The number of thioether (sulfide) groups is 1. The van der Waals surface area contributed by atoms with Crippen molar-refractivity contribution in [3.05, 3.63) is 30.3 Å². The Kier molecular flexibility index (Phi) is 6.66. The molecule has 1 atom stereocenters. The van der Waals surface area contributed by atoms with E-state index in [-0.39, 0.29) is 18.0 Å². The van der Waals surface area contributed by atoms with E-state index in [2.05, 4.69) is 10.0 Å². The summed E-state index contributed by atoms with van der Waals surface area (Å²) in [5.74, 6) is -0.0147. The Balaban J connectivity index is 2.47. The number of amides is 1. The van der Waals surface area contributed by atoms with E-state index in [9.17, 15) is 18.3 Å². The van der Waals surface area contributed by atoms with Gasteiger partial charge in [0.05, 0.1) is 17.0 Å².